The van der Waals surface area contributed by atoms with Gasteiger partial charge in [0, 0.05) is 4.88 Å². The molecule has 0 aliphatic carbocycles. The minimum absolute atomic E-state index is 0.414. The number of hydrogen-bond donors (Lipinski definition) is 0. The van der Waals surface area contributed by atoms with Crippen LogP contribution in [-0.4, -0.2) is 4.37 Å². The fourth-order valence-electron chi connectivity index (χ4n) is 0.630. The van der Waals surface area contributed by atoms with Crippen LogP contribution in [0.1, 0.15) is 24.6 Å². The van der Waals surface area contributed by atoms with Crippen molar-refractivity contribution in [3.63, 3.8) is 0 Å². The SMILES string of the molecule is CC(C)c1snc(Cl)c1Cl. The Morgan fingerprint density at radius 1 is 1.40 bits per heavy atom. The molecule has 0 bridgehead atoms. The molecule has 0 atom stereocenters. The van der Waals surface area contributed by atoms with Crippen molar-refractivity contribution < 1.29 is 0 Å². The topological polar surface area (TPSA) is 12.9 Å². The van der Waals surface area contributed by atoms with Crippen molar-refractivity contribution in [1.29, 1.82) is 0 Å². The predicted molar refractivity (Wildman–Crippen MR) is 46.2 cm³/mol. The molecule has 0 amide bonds. The van der Waals surface area contributed by atoms with Crippen molar-refractivity contribution in [2.75, 3.05) is 0 Å². The van der Waals surface area contributed by atoms with E-state index < -0.39 is 0 Å². The van der Waals surface area contributed by atoms with Gasteiger partial charge in [0.15, 0.2) is 5.15 Å². The van der Waals surface area contributed by atoms with Gasteiger partial charge in [0.25, 0.3) is 0 Å². The van der Waals surface area contributed by atoms with Gasteiger partial charge in [-0.05, 0) is 17.5 Å². The van der Waals surface area contributed by atoms with Crippen LogP contribution in [0.4, 0.5) is 0 Å². The number of rotatable bonds is 1. The van der Waals surface area contributed by atoms with Crippen molar-refractivity contribution in [3.8, 4) is 0 Å². The average Bonchev–Trinajstić information content (AvgIpc) is 2.14. The van der Waals surface area contributed by atoms with Crippen LogP contribution in [0, 0.1) is 0 Å². The van der Waals surface area contributed by atoms with Gasteiger partial charge in [-0.15, -0.1) is 0 Å². The number of aromatic nitrogens is 1. The first-order valence-corrected chi connectivity index (χ1v) is 4.46. The molecule has 10 heavy (non-hydrogen) atoms. The summed E-state index contributed by atoms with van der Waals surface area (Å²) in [5, 5.41) is 1.04. The Morgan fingerprint density at radius 3 is 2.20 bits per heavy atom. The van der Waals surface area contributed by atoms with Crippen molar-refractivity contribution in [2.24, 2.45) is 0 Å². The first kappa shape index (κ1) is 8.31. The van der Waals surface area contributed by atoms with Gasteiger partial charge in [-0.2, -0.15) is 4.37 Å². The van der Waals surface area contributed by atoms with Crippen LogP contribution in [0.2, 0.25) is 10.2 Å². The molecule has 1 aromatic heterocycles. The third kappa shape index (κ3) is 1.44. The smallest absolute Gasteiger partial charge is 0.161 e. The molecule has 4 heteroatoms. The van der Waals surface area contributed by atoms with Gasteiger partial charge in [-0.25, -0.2) is 0 Å². The van der Waals surface area contributed by atoms with E-state index in [1.54, 1.807) is 0 Å². The number of halogens is 2. The molecule has 0 fully saturated rings. The summed E-state index contributed by atoms with van der Waals surface area (Å²) in [7, 11) is 0. The molecule has 0 aromatic carbocycles. The maximum atomic E-state index is 5.82. The van der Waals surface area contributed by atoms with E-state index in [1.807, 2.05) is 0 Å². The first-order valence-electron chi connectivity index (χ1n) is 2.93. The zero-order valence-electron chi connectivity index (χ0n) is 5.69. The molecule has 1 heterocycles. The van der Waals surface area contributed by atoms with E-state index in [1.165, 1.54) is 11.5 Å². The third-order valence-corrected chi connectivity index (χ3v) is 3.26. The van der Waals surface area contributed by atoms with Gasteiger partial charge in [0.2, 0.25) is 0 Å². The Bertz CT molecular complexity index is 232. The summed E-state index contributed by atoms with van der Waals surface area (Å²) in [6, 6.07) is 0. The maximum Gasteiger partial charge on any atom is 0.161 e. The summed E-state index contributed by atoms with van der Waals surface area (Å²) in [6.45, 7) is 4.13. The summed E-state index contributed by atoms with van der Waals surface area (Å²) in [6.07, 6.45) is 0. The van der Waals surface area contributed by atoms with E-state index in [0.717, 1.165) is 4.88 Å². The summed E-state index contributed by atoms with van der Waals surface area (Å²) >= 11 is 12.8. The zero-order chi connectivity index (χ0) is 7.72. The predicted octanol–water partition coefficient (Wildman–Crippen LogP) is 3.57. The Kier molecular flexibility index (Phi) is 2.55. The monoisotopic (exact) mass is 195 g/mol. The summed E-state index contributed by atoms with van der Waals surface area (Å²) in [5.41, 5.74) is 0. The molecule has 0 aliphatic heterocycles. The Morgan fingerprint density at radius 2 is 2.00 bits per heavy atom. The molecule has 0 spiro atoms. The Hall–Kier alpha value is 0.210. The molecular formula is C6H7Cl2NS. The second-order valence-electron chi connectivity index (χ2n) is 2.31. The minimum atomic E-state index is 0.414. The van der Waals surface area contributed by atoms with Crippen LogP contribution in [0.25, 0.3) is 0 Å². The van der Waals surface area contributed by atoms with Crippen molar-refractivity contribution >= 4 is 34.7 Å². The highest BCUT2D eigenvalue weighted by atomic mass is 35.5. The second-order valence-corrected chi connectivity index (χ2v) is 3.85. The molecule has 0 aliphatic rings. The van der Waals surface area contributed by atoms with E-state index >= 15 is 0 Å². The lowest BCUT2D eigenvalue weighted by atomic mass is 10.2. The van der Waals surface area contributed by atoms with Gasteiger partial charge in [-0.1, -0.05) is 37.0 Å². The summed E-state index contributed by atoms with van der Waals surface area (Å²) in [4.78, 5) is 1.06. The molecule has 0 N–H and O–H groups in total. The maximum absolute atomic E-state index is 5.82. The lowest BCUT2D eigenvalue weighted by molar-refractivity contribution is 0.890. The third-order valence-electron chi connectivity index (χ3n) is 1.15. The van der Waals surface area contributed by atoms with E-state index in [4.69, 9.17) is 23.2 Å². The Balaban J connectivity index is 3.05. The highest BCUT2D eigenvalue weighted by Gasteiger charge is 2.11. The molecule has 0 unspecified atom stereocenters. The van der Waals surface area contributed by atoms with Crippen LogP contribution in [0.15, 0.2) is 0 Å². The summed E-state index contributed by atoms with van der Waals surface area (Å²) in [5.74, 6) is 0.414. The van der Waals surface area contributed by atoms with Crippen LogP contribution in [0.3, 0.4) is 0 Å². The first-order chi connectivity index (χ1) is 4.63. The van der Waals surface area contributed by atoms with E-state index in [0.29, 0.717) is 16.1 Å². The van der Waals surface area contributed by atoms with Gasteiger partial charge in [0.1, 0.15) is 0 Å². The van der Waals surface area contributed by atoms with Crippen molar-refractivity contribution in [2.45, 2.75) is 19.8 Å². The molecule has 0 saturated carbocycles. The normalized spacial score (nSPS) is 10.9. The van der Waals surface area contributed by atoms with Crippen LogP contribution < -0.4 is 0 Å². The second kappa shape index (κ2) is 3.07. The zero-order valence-corrected chi connectivity index (χ0v) is 8.02. The van der Waals surface area contributed by atoms with E-state index in [9.17, 15) is 0 Å². The molecule has 56 valence electrons. The number of hydrogen-bond acceptors (Lipinski definition) is 2. The van der Waals surface area contributed by atoms with Crippen LogP contribution in [-0.2, 0) is 0 Å². The van der Waals surface area contributed by atoms with Gasteiger partial charge >= 0.3 is 0 Å². The summed E-state index contributed by atoms with van der Waals surface area (Å²) < 4.78 is 3.91. The molecular weight excluding hydrogens is 189 g/mol. The minimum Gasteiger partial charge on any atom is -0.179 e. The van der Waals surface area contributed by atoms with Gasteiger partial charge in [0.05, 0.1) is 5.02 Å². The van der Waals surface area contributed by atoms with Crippen LogP contribution in [0.5, 0.6) is 0 Å². The standard InChI is InChI=1S/C6H7Cl2NS/c1-3(2)5-4(7)6(8)9-10-5/h3H,1-2H3. The van der Waals surface area contributed by atoms with Crippen molar-refractivity contribution in [3.05, 3.63) is 15.1 Å². The highest BCUT2D eigenvalue weighted by molar-refractivity contribution is 7.07. The lowest BCUT2D eigenvalue weighted by Crippen LogP contribution is -1.80. The Labute approximate surface area is 74.1 Å². The molecule has 1 rings (SSSR count). The fraction of sp³-hybridized carbons (Fsp3) is 0.500. The molecule has 1 nitrogen and oxygen atoms in total. The van der Waals surface area contributed by atoms with E-state index in [-0.39, 0.29) is 0 Å². The quantitative estimate of drug-likeness (QED) is 0.668. The molecule has 0 saturated heterocycles. The van der Waals surface area contributed by atoms with Gasteiger partial charge < -0.3 is 0 Å². The fourth-order valence-corrected chi connectivity index (χ4v) is 1.96. The van der Waals surface area contributed by atoms with Crippen molar-refractivity contribution in [1.82, 2.24) is 4.37 Å². The lowest BCUT2D eigenvalue weighted by Gasteiger charge is -1.97. The largest absolute Gasteiger partial charge is 0.179 e. The molecule has 1 aromatic rings. The van der Waals surface area contributed by atoms with E-state index in [2.05, 4.69) is 18.2 Å². The van der Waals surface area contributed by atoms with Crippen LogP contribution >= 0.6 is 34.7 Å². The molecule has 0 radical (unpaired) electrons. The highest BCUT2D eigenvalue weighted by Crippen LogP contribution is 2.33. The average molecular weight is 196 g/mol. The number of nitrogens with zero attached hydrogens (tertiary/aromatic N) is 1. The van der Waals surface area contributed by atoms with Gasteiger partial charge in [-0.3, -0.25) is 0 Å².